The van der Waals surface area contributed by atoms with Gasteiger partial charge in [-0.15, -0.1) is 0 Å². The first-order valence-electron chi connectivity index (χ1n) is 4.85. The van der Waals surface area contributed by atoms with Gasteiger partial charge in [0.2, 0.25) is 5.41 Å². The molecule has 84 valence electrons. The summed E-state index contributed by atoms with van der Waals surface area (Å²) in [6, 6.07) is 6.73. The minimum atomic E-state index is -1.87. The van der Waals surface area contributed by atoms with Crippen LogP contribution < -0.4 is 5.32 Å². The Kier molecular flexibility index (Phi) is 2.40. The van der Waals surface area contributed by atoms with Crippen molar-refractivity contribution in [1.29, 1.82) is 0 Å². The largest absolute Gasteiger partial charge is 0.480 e. The molecule has 1 heterocycles. The van der Waals surface area contributed by atoms with Crippen LogP contribution in [0.15, 0.2) is 24.3 Å². The first-order chi connectivity index (χ1) is 7.59. The summed E-state index contributed by atoms with van der Waals surface area (Å²) >= 11 is 0. The molecule has 0 spiro atoms. The van der Waals surface area contributed by atoms with Gasteiger partial charge in [0.1, 0.15) is 0 Å². The standard InChI is InChI=1S/C11H11NO4/c13-9(14)11(10(15)16)6-12-5-7-3-1-2-4-8(7)11/h1-4,12H,5-6H2,(H,13,14)(H,15,16). The number of benzene rings is 1. The molecule has 0 radical (unpaired) electrons. The van der Waals surface area contributed by atoms with E-state index in [2.05, 4.69) is 5.32 Å². The average molecular weight is 221 g/mol. The fourth-order valence-electron chi connectivity index (χ4n) is 2.04. The molecular weight excluding hydrogens is 210 g/mol. The summed E-state index contributed by atoms with van der Waals surface area (Å²) in [4.78, 5) is 22.5. The quantitative estimate of drug-likeness (QED) is 0.621. The zero-order valence-electron chi connectivity index (χ0n) is 8.43. The van der Waals surface area contributed by atoms with Crippen molar-refractivity contribution in [2.75, 3.05) is 6.54 Å². The molecule has 0 aliphatic carbocycles. The summed E-state index contributed by atoms with van der Waals surface area (Å²) in [5, 5.41) is 21.2. The van der Waals surface area contributed by atoms with E-state index in [0.717, 1.165) is 5.56 Å². The smallest absolute Gasteiger partial charge is 0.326 e. The van der Waals surface area contributed by atoms with E-state index >= 15 is 0 Å². The monoisotopic (exact) mass is 221 g/mol. The highest BCUT2D eigenvalue weighted by Crippen LogP contribution is 2.30. The van der Waals surface area contributed by atoms with E-state index in [1.54, 1.807) is 24.3 Å². The topological polar surface area (TPSA) is 86.6 Å². The zero-order chi connectivity index (χ0) is 11.8. The maximum atomic E-state index is 11.3. The van der Waals surface area contributed by atoms with Gasteiger partial charge in [-0.3, -0.25) is 9.59 Å². The van der Waals surface area contributed by atoms with Crippen LogP contribution in [0, 0.1) is 0 Å². The molecule has 0 amide bonds. The Labute approximate surface area is 91.7 Å². The van der Waals surface area contributed by atoms with Gasteiger partial charge in [0.25, 0.3) is 0 Å². The Morgan fingerprint density at radius 1 is 1.19 bits per heavy atom. The fourth-order valence-corrected chi connectivity index (χ4v) is 2.04. The maximum Gasteiger partial charge on any atom is 0.326 e. The van der Waals surface area contributed by atoms with Crippen molar-refractivity contribution in [2.45, 2.75) is 12.0 Å². The van der Waals surface area contributed by atoms with Crippen LogP contribution in [0.1, 0.15) is 11.1 Å². The van der Waals surface area contributed by atoms with Gasteiger partial charge in [0.15, 0.2) is 0 Å². The summed E-state index contributed by atoms with van der Waals surface area (Å²) < 4.78 is 0. The number of fused-ring (bicyclic) bond motifs is 1. The molecule has 1 aliphatic rings. The predicted molar refractivity (Wildman–Crippen MR) is 55.1 cm³/mol. The van der Waals surface area contributed by atoms with Gasteiger partial charge in [-0.2, -0.15) is 0 Å². The molecule has 0 atom stereocenters. The molecule has 0 unspecified atom stereocenters. The lowest BCUT2D eigenvalue weighted by Gasteiger charge is -2.32. The second kappa shape index (κ2) is 3.61. The van der Waals surface area contributed by atoms with Crippen molar-refractivity contribution < 1.29 is 19.8 Å². The van der Waals surface area contributed by atoms with E-state index < -0.39 is 17.4 Å². The van der Waals surface area contributed by atoms with Gasteiger partial charge in [-0.05, 0) is 11.1 Å². The second-order valence-electron chi connectivity index (χ2n) is 3.78. The summed E-state index contributed by atoms with van der Waals surface area (Å²) in [5.41, 5.74) is -0.776. The molecule has 16 heavy (non-hydrogen) atoms. The van der Waals surface area contributed by atoms with E-state index in [4.69, 9.17) is 0 Å². The molecule has 5 heteroatoms. The van der Waals surface area contributed by atoms with Crippen LogP contribution in [-0.4, -0.2) is 28.7 Å². The summed E-state index contributed by atoms with van der Waals surface area (Å²) in [6.45, 7) is 0.410. The SMILES string of the molecule is O=C(O)C1(C(=O)O)CNCc2ccccc21. The number of carboxylic acids is 2. The van der Waals surface area contributed by atoms with E-state index in [9.17, 15) is 19.8 Å². The third-order valence-electron chi connectivity index (χ3n) is 2.91. The molecular formula is C11H11NO4. The molecule has 0 aromatic heterocycles. The summed E-state index contributed by atoms with van der Waals surface area (Å²) in [7, 11) is 0. The van der Waals surface area contributed by atoms with Gasteiger partial charge in [0, 0.05) is 13.1 Å². The number of rotatable bonds is 2. The molecule has 1 aliphatic heterocycles. The van der Waals surface area contributed by atoms with Crippen LogP contribution in [-0.2, 0) is 21.5 Å². The second-order valence-corrected chi connectivity index (χ2v) is 3.78. The maximum absolute atomic E-state index is 11.3. The number of nitrogens with one attached hydrogen (secondary N) is 1. The minimum Gasteiger partial charge on any atom is -0.480 e. The van der Waals surface area contributed by atoms with Crippen LogP contribution in [0.5, 0.6) is 0 Å². The molecule has 5 nitrogen and oxygen atoms in total. The van der Waals surface area contributed by atoms with Crippen LogP contribution in [0.2, 0.25) is 0 Å². The fraction of sp³-hybridized carbons (Fsp3) is 0.273. The van der Waals surface area contributed by atoms with Crippen molar-refractivity contribution >= 4 is 11.9 Å². The van der Waals surface area contributed by atoms with Gasteiger partial charge in [0.05, 0.1) is 0 Å². The number of hydrogen-bond acceptors (Lipinski definition) is 3. The molecule has 0 fully saturated rings. The Balaban J connectivity index is 2.66. The van der Waals surface area contributed by atoms with Gasteiger partial charge in [-0.1, -0.05) is 24.3 Å². The Morgan fingerprint density at radius 2 is 1.81 bits per heavy atom. The third-order valence-corrected chi connectivity index (χ3v) is 2.91. The highest BCUT2D eigenvalue weighted by molar-refractivity contribution is 6.05. The van der Waals surface area contributed by atoms with E-state index in [-0.39, 0.29) is 6.54 Å². The van der Waals surface area contributed by atoms with E-state index in [1.165, 1.54) is 0 Å². The van der Waals surface area contributed by atoms with Crippen LogP contribution in [0.3, 0.4) is 0 Å². The van der Waals surface area contributed by atoms with Crippen molar-refractivity contribution in [1.82, 2.24) is 5.32 Å². The van der Waals surface area contributed by atoms with Gasteiger partial charge >= 0.3 is 11.9 Å². The molecule has 3 N–H and O–H groups in total. The number of hydrogen-bond donors (Lipinski definition) is 3. The number of carbonyl (C=O) groups is 2. The Morgan fingerprint density at radius 3 is 2.44 bits per heavy atom. The van der Waals surface area contributed by atoms with Gasteiger partial charge < -0.3 is 15.5 Å². The normalized spacial score (nSPS) is 17.5. The van der Waals surface area contributed by atoms with E-state index in [0.29, 0.717) is 12.1 Å². The highest BCUT2D eigenvalue weighted by Gasteiger charge is 2.50. The molecule has 0 saturated carbocycles. The minimum absolute atomic E-state index is 0.0886. The Bertz CT molecular complexity index is 441. The number of carboxylic acid groups (broad SMARTS) is 2. The molecule has 2 rings (SSSR count). The Hall–Kier alpha value is -1.88. The van der Waals surface area contributed by atoms with Crippen molar-refractivity contribution in [3.8, 4) is 0 Å². The van der Waals surface area contributed by atoms with Crippen molar-refractivity contribution in [3.63, 3.8) is 0 Å². The first-order valence-corrected chi connectivity index (χ1v) is 4.85. The lowest BCUT2D eigenvalue weighted by atomic mass is 9.76. The molecule has 1 aromatic carbocycles. The molecule has 0 saturated heterocycles. The number of aliphatic carboxylic acids is 2. The first kappa shape index (κ1) is 10.6. The van der Waals surface area contributed by atoms with Crippen LogP contribution >= 0.6 is 0 Å². The van der Waals surface area contributed by atoms with E-state index in [1.807, 2.05) is 0 Å². The van der Waals surface area contributed by atoms with Gasteiger partial charge in [-0.25, -0.2) is 0 Å². The third kappa shape index (κ3) is 1.29. The summed E-state index contributed by atoms with van der Waals surface area (Å²) in [5.74, 6) is -2.67. The van der Waals surface area contributed by atoms with Crippen LogP contribution in [0.25, 0.3) is 0 Å². The van der Waals surface area contributed by atoms with Crippen LogP contribution in [0.4, 0.5) is 0 Å². The lowest BCUT2D eigenvalue weighted by molar-refractivity contribution is -0.157. The lowest BCUT2D eigenvalue weighted by Crippen LogP contribution is -2.54. The molecule has 1 aromatic rings. The predicted octanol–water partition coefficient (Wildman–Crippen LogP) is 0.197. The average Bonchev–Trinajstić information content (AvgIpc) is 2.27. The zero-order valence-corrected chi connectivity index (χ0v) is 8.43. The van der Waals surface area contributed by atoms with Crippen molar-refractivity contribution in [2.24, 2.45) is 0 Å². The summed E-state index contributed by atoms with van der Waals surface area (Å²) in [6.07, 6.45) is 0. The van der Waals surface area contributed by atoms with Crippen molar-refractivity contribution in [3.05, 3.63) is 35.4 Å². The molecule has 0 bridgehead atoms. The highest BCUT2D eigenvalue weighted by atomic mass is 16.4.